The largest absolute Gasteiger partial charge is 0.444 e. The Balaban J connectivity index is 1.36. The summed E-state index contributed by atoms with van der Waals surface area (Å²) in [6, 6.07) is 10.8. The van der Waals surface area contributed by atoms with Crippen LogP contribution in [0, 0.1) is 11.3 Å². The Morgan fingerprint density at radius 1 is 0.927 bits per heavy atom. The number of ether oxygens (including phenoxy) is 1. The van der Waals surface area contributed by atoms with E-state index >= 15 is 0 Å². The number of carbonyl (C=O) groups is 3. The van der Waals surface area contributed by atoms with Crippen molar-refractivity contribution >= 4 is 35.1 Å². The van der Waals surface area contributed by atoms with Crippen molar-refractivity contribution in [3.63, 3.8) is 0 Å². The van der Waals surface area contributed by atoms with Crippen molar-refractivity contribution in [2.45, 2.75) is 57.3 Å². The molecule has 1 saturated carbocycles. The fraction of sp³-hybridized carbons (Fsp3) is 0.448. The summed E-state index contributed by atoms with van der Waals surface area (Å²) < 4.78 is 46.3. The van der Waals surface area contributed by atoms with Crippen LogP contribution in [0.2, 0.25) is 0 Å². The zero-order valence-corrected chi connectivity index (χ0v) is 23.0. The van der Waals surface area contributed by atoms with E-state index in [0.717, 1.165) is 16.7 Å². The van der Waals surface area contributed by atoms with Crippen LogP contribution in [0.5, 0.6) is 0 Å². The van der Waals surface area contributed by atoms with Gasteiger partial charge < -0.3 is 14.5 Å². The lowest BCUT2D eigenvalue weighted by Gasteiger charge is -2.42. The Morgan fingerprint density at radius 3 is 2.02 bits per heavy atom. The number of alkyl halides is 3. The molecule has 4 amide bonds. The molecule has 2 aromatic carbocycles. The number of amides is 4. The Hall–Kier alpha value is -4.27. The van der Waals surface area contributed by atoms with Gasteiger partial charge >= 0.3 is 18.3 Å². The van der Waals surface area contributed by atoms with E-state index < -0.39 is 40.4 Å². The summed E-state index contributed by atoms with van der Waals surface area (Å²) in [4.78, 5) is 45.5. The summed E-state index contributed by atoms with van der Waals surface area (Å²) in [5, 5.41) is 9.13. The van der Waals surface area contributed by atoms with Crippen molar-refractivity contribution in [1.82, 2.24) is 4.90 Å². The molecule has 0 N–H and O–H groups in total. The predicted molar refractivity (Wildman–Crippen MR) is 145 cm³/mol. The molecule has 0 atom stereocenters. The van der Waals surface area contributed by atoms with E-state index in [2.05, 4.69) is 4.90 Å². The molecule has 0 aromatic heterocycles. The van der Waals surface area contributed by atoms with Crippen molar-refractivity contribution in [2.75, 3.05) is 40.9 Å². The highest BCUT2D eigenvalue weighted by atomic mass is 19.4. The second kappa shape index (κ2) is 9.98. The van der Waals surface area contributed by atoms with Crippen molar-refractivity contribution in [3.8, 4) is 6.07 Å². The molecule has 0 radical (unpaired) electrons. The minimum atomic E-state index is -4.82. The fourth-order valence-electron chi connectivity index (χ4n) is 5.50. The highest BCUT2D eigenvalue weighted by molar-refractivity contribution is 6.30. The van der Waals surface area contributed by atoms with E-state index in [1.807, 2.05) is 32.9 Å². The molecule has 1 spiro atoms. The highest BCUT2D eigenvalue weighted by Gasteiger charge is 2.61. The monoisotopic (exact) mass is 569 g/mol. The first-order valence-electron chi connectivity index (χ1n) is 13.4. The van der Waals surface area contributed by atoms with Crippen molar-refractivity contribution < 1.29 is 32.3 Å². The molecule has 3 aliphatic rings. The smallest absolute Gasteiger partial charge is 0.417 e. The van der Waals surface area contributed by atoms with Crippen LogP contribution in [0.3, 0.4) is 0 Å². The second-order valence-corrected chi connectivity index (χ2v) is 11.5. The number of anilines is 3. The lowest BCUT2D eigenvalue weighted by atomic mass is 9.75. The minimum absolute atomic E-state index is 0.223. The molecule has 3 fully saturated rings. The van der Waals surface area contributed by atoms with Gasteiger partial charge in [0.05, 0.1) is 22.9 Å². The first-order chi connectivity index (χ1) is 19.2. The lowest BCUT2D eigenvalue weighted by molar-refractivity contribution is -0.137. The third kappa shape index (κ3) is 5.05. The van der Waals surface area contributed by atoms with Gasteiger partial charge in [-0.3, -0.25) is 9.69 Å². The number of nitrogens with zero attached hydrogens (tertiary/aromatic N) is 5. The van der Waals surface area contributed by atoms with Gasteiger partial charge in [-0.25, -0.2) is 14.5 Å². The Labute approximate surface area is 235 Å². The van der Waals surface area contributed by atoms with E-state index in [1.54, 1.807) is 17.0 Å². The van der Waals surface area contributed by atoms with Crippen LogP contribution in [0.15, 0.2) is 42.5 Å². The van der Waals surface area contributed by atoms with Crippen LogP contribution in [-0.2, 0) is 15.7 Å². The molecule has 2 heterocycles. The minimum Gasteiger partial charge on any atom is -0.444 e. The Morgan fingerprint density at radius 2 is 1.51 bits per heavy atom. The second-order valence-electron chi connectivity index (χ2n) is 11.5. The molecule has 2 aliphatic heterocycles. The number of imide groups is 1. The van der Waals surface area contributed by atoms with E-state index in [9.17, 15) is 27.6 Å². The van der Waals surface area contributed by atoms with Crippen molar-refractivity contribution in [2.24, 2.45) is 0 Å². The van der Waals surface area contributed by atoms with Crippen LogP contribution in [-0.4, -0.2) is 60.3 Å². The maximum atomic E-state index is 13.7. The molecule has 41 heavy (non-hydrogen) atoms. The van der Waals surface area contributed by atoms with Gasteiger partial charge in [0.15, 0.2) is 0 Å². The Kier molecular flexibility index (Phi) is 6.88. The average Bonchev–Trinajstić information content (AvgIpc) is 3.13. The molecular formula is C29H30F3N5O4. The number of rotatable bonds is 3. The zero-order chi connectivity index (χ0) is 29.7. The number of urea groups is 1. The third-order valence-electron chi connectivity index (χ3n) is 7.68. The van der Waals surface area contributed by atoms with Gasteiger partial charge in [-0.05, 0) is 82.5 Å². The van der Waals surface area contributed by atoms with Gasteiger partial charge in [0.2, 0.25) is 0 Å². The number of piperazine rings is 1. The molecule has 2 saturated heterocycles. The normalized spacial score (nSPS) is 19.0. The topological polar surface area (TPSA) is 97.2 Å². The summed E-state index contributed by atoms with van der Waals surface area (Å²) in [5.74, 6) is -0.575. The van der Waals surface area contributed by atoms with Crippen LogP contribution in [0.1, 0.15) is 51.2 Å². The molecule has 9 nitrogen and oxygen atoms in total. The van der Waals surface area contributed by atoms with E-state index in [0.29, 0.717) is 57.2 Å². The summed E-state index contributed by atoms with van der Waals surface area (Å²) in [5.41, 5.74) is -2.41. The van der Waals surface area contributed by atoms with Crippen LogP contribution >= 0.6 is 0 Å². The number of halogens is 3. The van der Waals surface area contributed by atoms with Gasteiger partial charge in [-0.1, -0.05) is 0 Å². The standard InChI is InChI=1S/C29H30F3N5O4/c1-27(2,3)41-26(40)35-15-13-34(14-16-35)20-7-9-21(10-8-20)37-25(39)36(24(38)28(37)11-4-12-28)22-6-5-19(18-33)23(17-22)29(30,31)32/h5-10,17H,4,11-16H2,1-3H3. The van der Waals surface area contributed by atoms with E-state index in [-0.39, 0.29) is 11.8 Å². The van der Waals surface area contributed by atoms with Crippen LogP contribution < -0.4 is 14.7 Å². The lowest BCUT2D eigenvalue weighted by Crippen LogP contribution is -2.55. The molecule has 216 valence electrons. The molecule has 12 heteroatoms. The quantitative estimate of drug-likeness (QED) is 0.451. The molecule has 2 aromatic rings. The van der Waals surface area contributed by atoms with Crippen molar-refractivity contribution in [3.05, 3.63) is 53.6 Å². The SMILES string of the molecule is CC(C)(C)OC(=O)N1CCN(c2ccc(N3C(=O)N(c4ccc(C#N)c(C(F)(F)F)c4)C(=O)C34CCC4)cc2)CC1. The number of nitriles is 1. The molecular weight excluding hydrogens is 539 g/mol. The molecule has 0 unspecified atom stereocenters. The first kappa shape index (κ1) is 28.3. The van der Waals surface area contributed by atoms with E-state index in [4.69, 9.17) is 10.00 Å². The maximum absolute atomic E-state index is 13.7. The maximum Gasteiger partial charge on any atom is 0.417 e. The third-order valence-corrected chi connectivity index (χ3v) is 7.68. The van der Waals surface area contributed by atoms with Gasteiger partial charge in [-0.2, -0.15) is 18.4 Å². The molecule has 1 aliphatic carbocycles. The van der Waals surface area contributed by atoms with Gasteiger partial charge in [-0.15, -0.1) is 0 Å². The van der Waals surface area contributed by atoms with Crippen LogP contribution in [0.25, 0.3) is 0 Å². The number of hydrogen-bond donors (Lipinski definition) is 0. The van der Waals surface area contributed by atoms with Gasteiger partial charge in [0, 0.05) is 37.6 Å². The molecule has 0 bridgehead atoms. The van der Waals surface area contributed by atoms with Crippen molar-refractivity contribution in [1.29, 1.82) is 5.26 Å². The summed E-state index contributed by atoms with van der Waals surface area (Å²) in [6.45, 7) is 7.58. The zero-order valence-electron chi connectivity index (χ0n) is 23.0. The number of benzene rings is 2. The first-order valence-corrected chi connectivity index (χ1v) is 13.4. The molecule has 5 rings (SSSR count). The Bertz CT molecular complexity index is 1420. The van der Waals surface area contributed by atoms with Gasteiger partial charge in [0.1, 0.15) is 11.1 Å². The van der Waals surface area contributed by atoms with Gasteiger partial charge in [0.25, 0.3) is 5.91 Å². The summed E-state index contributed by atoms with van der Waals surface area (Å²) in [6.07, 6.45) is -3.69. The number of hydrogen-bond acceptors (Lipinski definition) is 6. The van der Waals surface area contributed by atoms with E-state index in [1.165, 1.54) is 17.0 Å². The average molecular weight is 570 g/mol. The fourth-order valence-corrected chi connectivity index (χ4v) is 5.50. The number of carbonyl (C=O) groups excluding carboxylic acids is 3. The summed E-state index contributed by atoms with van der Waals surface area (Å²) in [7, 11) is 0. The highest BCUT2D eigenvalue weighted by Crippen LogP contribution is 2.48. The van der Waals surface area contributed by atoms with Crippen LogP contribution in [0.4, 0.5) is 39.8 Å². The summed E-state index contributed by atoms with van der Waals surface area (Å²) >= 11 is 0. The predicted octanol–water partition coefficient (Wildman–Crippen LogP) is 5.53.